The molecule has 0 saturated heterocycles. The minimum atomic E-state index is -0.719. The zero-order valence-electron chi connectivity index (χ0n) is 14.9. The number of rotatable bonds is 7. The van der Waals surface area contributed by atoms with Crippen LogP contribution in [0.2, 0.25) is 0 Å². The first-order valence-electron chi connectivity index (χ1n) is 7.97. The number of nitrogens with one attached hydrogen (secondary N) is 2. The summed E-state index contributed by atoms with van der Waals surface area (Å²) in [6.07, 6.45) is 1.55. The molecule has 7 heteroatoms. The summed E-state index contributed by atoms with van der Waals surface area (Å²) in [5.41, 5.74) is 1.42. The van der Waals surface area contributed by atoms with Gasteiger partial charge in [-0.1, -0.05) is 18.2 Å². The van der Waals surface area contributed by atoms with E-state index in [9.17, 15) is 9.59 Å². The van der Waals surface area contributed by atoms with E-state index >= 15 is 0 Å². The number of ether oxygens (including phenoxy) is 2. The van der Waals surface area contributed by atoms with Crippen molar-refractivity contribution in [2.24, 2.45) is 0 Å². The Morgan fingerprint density at radius 2 is 1.85 bits per heavy atom. The van der Waals surface area contributed by atoms with Crippen LogP contribution in [0.5, 0.6) is 5.75 Å². The van der Waals surface area contributed by atoms with Crippen LogP contribution in [0.25, 0.3) is 0 Å². The maximum Gasteiger partial charge on any atom is 0.313 e. The highest BCUT2D eigenvalue weighted by atomic mass is 32.2. The van der Waals surface area contributed by atoms with Crippen LogP contribution in [-0.2, 0) is 14.3 Å². The summed E-state index contributed by atoms with van der Waals surface area (Å²) in [7, 11) is 3.13. The van der Waals surface area contributed by atoms with Crippen molar-refractivity contribution in [3.63, 3.8) is 0 Å². The average molecular weight is 374 g/mol. The zero-order valence-corrected chi connectivity index (χ0v) is 15.8. The second-order valence-corrected chi connectivity index (χ2v) is 6.28. The minimum absolute atomic E-state index is 0.167. The fourth-order valence-electron chi connectivity index (χ4n) is 2.33. The SMILES string of the molecule is COc1cccc([C@@H](CNC(=O)C(=O)Nc2cccc(SC)c2)OC)c1. The van der Waals surface area contributed by atoms with Gasteiger partial charge in [-0.2, -0.15) is 0 Å². The third kappa shape index (κ3) is 5.50. The number of benzene rings is 2. The molecule has 2 aromatic carbocycles. The monoisotopic (exact) mass is 374 g/mol. The van der Waals surface area contributed by atoms with Gasteiger partial charge in [-0.05, 0) is 42.2 Å². The first-order chi connectivity index (χ1) is 12.6. The first kappa shape index (κ1) is 19.8. The van der Waals surface area contributed by atoms with Crippen LogP contribution in [-0.4, -0.2) is 38.8 Å². The van der Waals surface area contributed by atoms with E-state index in [0.29, 0.717) is 11.4 Å². The molecule has 138 valence electrons. The zero-order chi connectivity index (χ0) is 18.9. The van der Waals surface area contributed by atoms with Gasteiger partial charge in [0, 0.05) is 24.2 Å². The first-order valence-corrected chi connectivity index (χ1v) is 9.19. The van der Waals surface area contributed by atoms with Crippen LogP contribution in [0.4, 0.5) is 5.69 Å². The molecule has 26 heavy (non-hydrogen) atoms. The summed E-state index contributed by atoms with van der Waals surface area (Å²) in [6, 6.07) is 14.7. The summed E-state index contributed by atoms with van der Waals surface area (Å²) in [6.45, 7) is 0.167. The van der Waals surface area contributed by atoms with Crippen LogP contribution in [0.3, 0.4) is 0 Å². The molecule has 2 aromatic rings. The number of hydrogen-bond donors (Lipinski definition) is 2. The maximum absolute atomic E-state index is 12.1. The number of methoxy groups -OCH3 is 2. The Kier molecular flexibility index (Phi) is 7.50. The summed E-state index contributed by atoms with van der Waals surface area (Å²) < 4.78 is 10.6. The van der Waals surface area contributed by atoms with Crippen molar-refractivity contribution < 1.29 is 19.1 Å². The number of carbonyl (C=O) groups is 2. The number of thioether (sulfide) groups is 1. The quantitative estimate of drug-likeness (QED) is 0.576. The average Bonchev–Trinajstić information content (AvgIpc) is 2.68. The van der Waals surface area contributed by atoms with Crippen molar-refractivity contribution in [3.05, 3.63) is 54.1 Å². The van der Waals surface area contributed by atoms with E-state index in [2.05, 4.69) is 10.6 Å². The van der Waals surface area contributed by atoms with E-state index in [0.717, 1.165) is 10.5 Å². The molecule has 0 heterocycles. The van der Waals surface area contributed by atoms with Gasteiger partial charge in [-0.25, -0.2) is 0 Å². The second-order valence-electron chi connectivity index (χ2n) is 5.40. The Hall–Kier alpha value is -2.51. The standard InChI is InChI=1S/C19H22N2O4S/c1-24-15-8-4-6-13(10-15)17(25-2)12-20-18(22)19(23)21-14-7-5-9-16(11-14)26-3/h4-11,17H,12H2,1-3H3,(H,20,22)(H,21,23)/t17-/m1/s1. The van der Waals surface area contributed by atoms with Gasteiger partial charge in [0.1, 0.15) is 5.75 Å². The number of hydrogen-bond acceptors (Lipinski definition) is 5. The van der Waals surface area contributed by atoms with Crippen LogP contribution < -0.4 is 15.4 Å². The number of amides is 2. The Labute approximate surface area is 157 Å². The summed E-state index contributed by atoms with van der Waals surface area (Å²) in [5, 5.41) is 5.19. The molecule has 0 radical (unpaired) electrons. The fourth-order valence-corrected chi connectivity index (χ4v) is 2.79. The number of anilines is 1. The molecule has 1 atom stereocenters. The highest BCUT2D eigenvalue weighted by Gasteiger charge is 2.17. The van der Waals surface area contributed by atoms with Crippen molar-refractivity contribution in [1.29, 1.82) is 0 Å². The molecule has 0 unspecified atom stereocenters. The minimum Gasteiger partial charge on any atom is -0.497 e. The van der Waals surface area contributed by atoms with Crippen LogP contribution in [0.15, 0.2) is 53.4 Å². The molecule has 0 aliphatic carbocycles. The van der Waals surface area contributed by atoms with Gasteiger partial charge in [0.15, 0.2) is 0 Å². The lowest BCUT2D eigenvalue weighted by atomic mass is 10.1. The predicted molar refractivity (Wildman–Crippen MR) is 103 cm³/mol. The lowest BCUT2D eigenvalue weighted by Gasteiger charge is -2.17. The summed E-state index contributed by atoms with van der Waals surface area (Å²) in [4.78, 5) is 25.1. The van der Waals surface area contributed by atoms with Gasteiger partial charge >= 0.3 is 11.8 Å². The molecule has 2 amide bonds. The fraction of sp³-hybridized carbons (Fsp3) is 0.263. The van der Waals surface area contributed by atoms with Crippen LogP contribution in [0, 0.1) is 0 Å². The number of carbonyl (C=O) groups excluding carboxylic acids is 2. The van der Waals surface area contributed by atoms with Crippen molar-refractivity contribution in [3.8, 4) is 5.75 Å². The lowest BCUT2D eigenvalue weighted by Crippen LogP contribution is -2.38. The molecule has 6 nitrogen and oxygen atoms in total. The van der Waals surface area contributed by atoms with Crippen LogP contribution >= 0.6 is 11.8 Å². The van der Waals surface area contributed by atoms with Crippen molar-refractivity contribution in [2.75, 3.05) is 32.3 Å². The molecular formula is C19H22N2O4S. The Morgan fingerprint density at radius 1 is 1.08 bits per heavy atom. The predicted octanol–water partition coefficient (Wildman–Crippen LogP) is 2.86. The Morgan fingerprint density at radius 3 is 2.54 bits per heavy atom. The smallest absolute Gasteiger partial charge is 0.313 e. The second kappa shape index (κ2) is 9.84. The largest absolute Gasteiger partial charge is 0.497 e. The van der Waals surface area contributed by atoms with Gasteiger partial charge in [0.2, 0.25) is 0 Å². The van der Waals surface area contributed by atoms with Crippen molar-refractivity contribution >= 4 is 29.3 Å². The van der Waals surface area contributed by atoms with Gasteiger partial charge in [0.25, 0.3) is 0 Å². The van der Waals surface area contributed by atoms with E-state index in [1.807, 2.05) is 48.7 Å². The highest BCUT2D eigenvalue weighted by molar-refractivity contribution is 7.98. The molecular weight excluding hydrogens is 352 g/mol. The van der Waals surface area contributed by atoms with Gasteiger partial charge in [-0.3, -0.25) is 9.59 Å². The topological polar surface area (TPSA) is 76.7 Å². The third-order valence-electron chi connectivity index (χ3n) is 3.73. The normalized spacial score (nSPS) is 11.5. The van der Waals surface area contributed by atoms with E-state index < -0.39 is 11.8 Å². The third-order valence-corrected chi connectivity index (χ3v) is 4.46. The molecule has 0 aliphatic rings. The Balaban J connectivity index is 1.93. The molecule has 0 aromatic heterocycles. The van der Waals surface area contributed by atoms with E-state index in [1.165, 1.54) is 0 Å². The van der Waals surface area contributed by atoms with Crippen molar-refractivity contribution in [1.82, 2.24) is 5.32 Å². The molecule has 0 bridgehead atoms. The van der Waals surface area contributed by atoms with E-state index in [1.54, 1.807) is 32.0 Å². The molecule has 2 N–H and O–H groups in total. The molecule has 0 aliphatic heterocycles. The molecule has 0 saturated carbocycles. The molecule has 0 fully saturated rings. The highest BCUT2D eigenvalue weighted by Crippen LogP contribution is 2.21. The maximum atomic E-state index is 12.1. The summed E-state index contributed by atoms with van der Waals surface area (Å²) >= 11 is 1.56. The van der Waals surface area contributed by atoms with Crippen molar-refractivity contribution in [2.45, 2.75) is 11.0 Å². The lowest BCUT2D eigenvalue weighted by molar-refractivity contribution is -0.136. The van der Waals surface area contributed by atoms with Crippen LogP contribution in [0.1, 0.15) is 11.7 Å². The van der Waals surface area contributed by atoms with Gasteiger partial charge in [-0.15, -0.1) is 11.8 Å². The molecule has 0 spiro atoms. The van der Waals surface area contributed by atoms with Gasteiger partial charge < -0.3 is 20.1 Å². The molecule has 2 rings (SSSR count). The van der Waals surface area contributed by atoms with E-state index in [4.69, 9.17) is 9.47 Å². The summed E-state index contributed by atoms with van der Waals surface area (Å²) in [5.74, 6) is -0.740. The van der Waals surface area contributed by atoms with E-state index in [-0.39, 0.29) is 12.6 Å². The van der Waals surface area contributed by atoms with Gasteiger partial charge in [0.05, 0.1) is 13.2 Å². The Bertz CT molecular complexity index is 767.